The number of halogens is 2. The van der Waals surface area contributed by atoms with Crippen molar-refractivity contribution in [2.45, 2.75) is 26.5 Å². The van der Waals surface area contributed by atoms with E-state index in [1.165, 1.54) is 5.56 Å². The number of benzene rings is 1. The molecule has 6 heteroatoms. The van der Waals surface area contributed by atoms with Gasteiger partial charge in [0.05, 0.1) is 14.6 Å². The average Bonchev–Trinajstić information content (AvgIpc) is 2.84. The molecule has 0 unspecified atom stereocenters. The van der Waals surface area contributed by atoms with E-state index in [1.807, 2.05) is 19.3 Å². The Bertz CT molecular complexity index is 575. The van der Waals surface area contributed by atoms with E-state index >= 15 is 0 Å². The Morgan fingerprint density at radius 3 is 2.57 bits per heavy atom. The summed E-state index contributed by atoms with van der Waals surface area (Å²) in [6.07, 6.45) is 3.04. The van der Waals surface area contributed by atoms with Gasteiger partial charge in [-0.3, -0.25) is 4.68 Å². The minimum atomic E-state index is 0.450. The molecule has 114 valence electrons. The Labute approximate surface area is 142 Å². The number of ether oxygens (including phenoxy) is 1. The lowest BCUT2D eigenvalue weighted by atomic mass is 10.2. The van der Waals surface area contributed by atoms with Crippen molar-refractivity contribution in [3.05, 3.63) is 44.6 Å². The fourth-order valence-corrected chi connectivity index (χ4v) is 3.46. The predicted octanol–water partition coefficient (Wildman–Crippen LogP) is 4.02. The molecular weight excluding hydrogens is 398 g/mol. The van der Waals surface area contributed by atoms with Crippen LogP contribution >= 0.6 is 31.9 Å². The van der Waals surface area contributed by atoms with Crippen molar-refractivity contribution in [2.24, 2.45) is 7.05 Å². The molecule has 0 aliphatic heterocycles. The largest absolute Gasteiger partial charge is 0.485 e. The summed E-state index contributed by atoms with van der Waals surface area (Å²) in [5.41, 5.74) is 2.12. The van der Waals surface area contributed by atoms with Crippen molar-refractivity contribution in [2.75, 3.05) is 6.54 Å². The van der Waals surface area contributed by atoms with Crippen molar-refractivity contribution in [1.29, 1.82) is 0 Å². The highest BCUT2D eigenvalue weighted by molar-refractivity contribution is 9.11. The first-order valence-electron chi connectivity index (χ1n) is 6.90. The molecule has 0 amide bonds. The van der Waals surface area contributed by atoms with Gasteiger partial charge in [0, 0.05) is 19.8 Å². The number of rotatable bonds is 7. The molecule has 0 atom stereocenters. The summed E-state index contributed by atoms with van der Waals surface area (Å²) in [7, 11) is 1.90. The third-order valence-corrected chi connectivity index (χ3v) is 4.13. The van der Waals surface area contributed by atoms with E-state index in [2.05, 4.69) is 61.3 Å². The Hall–Kier alpha value is -0.850. The third-order valence-electron chi connectivity index (χ3n) is 2.95. The smallest absolute Gasteiger partial charge is 0.148 e. The molecule has 1 heterocycles. The van der Waals surface area contributed by atoms with Crippen LogP contribution in [0.2, 0.25) is 0 Å². The number of aryl methyl sites for hydroxylation is 1. The van der Waals surface area contributed by atoms with E-state index in [0.717, 1.165) is 39.9 Å². The third kappa shape index (κ3) is 4.83. The van der Waals surface area contributed by atoms with Gasteiger partial charge >= 0.3 is 0 Å². The second-order valence-electron chi connectivity index (χ2n) is 4.83. The van der Waals surface area contributed by atoms with Crippen molar-refractivity contribution in [3.63, 3.8) is 0 Å². The number of aromatic nitrogens is 2. The van der Waals surface area contributed by atoms with Crippen LogP contribution in [0.4, 0.5) is 0 Å². The van der Waals surface area contributed by atoms with Gasteiger partial charge in [0.25, 0.3) is 0 Å². The Kier molecular flexibility index (Phi) is 6.26. The zero-order valence-corrected chi connectivity index (χ0v) is 15.4. The van der Waals surface area contributed by atoms with Crippen LogP contribution in [0.1, 0.15) is 24.6 Å². The van der Waals surface area contributed by atoms with Gasteiger partial charge < -0.3 is 10.1 Å². The highest BCUT2D eigenvalue weighted by Crippen LogP contribution is 2.35. The zero-order chi connectivity index (χ0) is 15.2. The number of hydrogen-bond donors (Lipinski definition) is 1. The second kappa shape index (κ2) is 7.96. The summed E-state index contributed by atoms with van der Waals surface area (Å²) in [5.74, 6) is 0.805. The van der Waals surface area contributed by atoms with E-state index in [0.29, 0.717) is 6.61 Å². The Morgan fingerprint density at radius 2 is 2.00 bits per heavy atom. The van der Waals surface area contributed by atoms with Crippen LogP contribution in [0.25, 0.3) is 0 Å². The molecule has 0 bridgehead atoms. The maximum atomic E-state index is 5.86. The fraction of sp³-hybridized carbons (Fsp3) is 0.400. The Morgan fingerprint density at radius 1 is 1.29 bits per heavy atom. The minimum Gasteiger partial charge on any atom is -0.485 e. The molecule has 2 rings (SSSR count). The molecule has 0 spiro atoms. The van der Waals surface area contributed by atoms with Crippen LogP contribution in [-0.4, -0.2) is 16.3 Å². The lowest BCUT2D eigenvalue weighted by Gasteiger charge is -2.12. The highest BCUT2D eigenvalue weighted by atomic mass is 79.9. The summed E-state index contributed by atoms with van der Waals surface area (Å²) < 4.78 is 9.52. The minimum absolute atomic E-state index is 0.450. The van der Waals surface area contributed by atoms with Crippen LogP contribution in [0.15, 0.2) is 33.3 Å². The van der Waals surface area contributed by atoms with Gasteiger partial charge in [-0.25, -0.2) is 0 Å². The molecule has 0 aliphatic rings. The monoisotopic (exact) mass is 415 g/mol. The first-order chi connectivity index (χ1) is 10.1. The molecule has 4 nitrogen and oxygen atoms in total. The molecule has 21 heavy (non-hydrogen) atoms. The molecule has 1 N–H and O–H groups in total. The van der Waals surface area contributed by atoms with Crippen molar-refractivity contribution in [1.82, 2.24) is 15.1 Å². The Balaban J connectivity index is 2.02. The summed E-state index contributed by atoms with van der Waals surface area (Å²) in [4.78, 5) is 0. The van der Waals surface area contributed by atoms with E-state index in [1.54, 1.807) is 4.68 Å². The maximum absolute atomic E-state index is 5.86. The SMILES string of the molecule is CCCNCc1cc(Br)c(OCc2ccn(C)n2)c(Br)c1. The molecule has 1 aromatic carbocycles. The summed E-state index contributed by atoms with van der Waals surface area (Å²) >= 11 is 7.15. The number of hydrogen-bond acceptors (Lipinski definition) is 3. The molecule has 1 aromatic heterocycles. The zero-order valence-electron chi connectivity index (χ0n) is 12.2. The predicted molar refractivity (Wildman–Crippen MR) is 91.4 cm³/mol. The quantitative estimate of drug-likeness (QED) is 0.692. The highest BCUT2D eigenvalue weighted by Gasteiger charge is 2.10. The molecule has 2 aromatic rings. The molecule has 0 aliphatic carbocycles. The van der Waals surface area contributed by atoms with Crippen molar-refractivity contribution < 1.29 is 4.74 Å². The summed E-state index contributed by atoms with van der Waals surface area (Å²) in [6, 6.07) is 6.12. The van der Waals surface area contributed by atoms with Gasteiger partial charge in [-0.05, 0) is 68.6 Å². The first kappa shape index (κ1) is 16.5. The van der Waals surface area contributed by atoms with Gasteiger partial charge in [-0.1, -0.05) is 6.92 Å². The maximum Gasteiger partial charge on any atom is 0.148 e. The van der Waals surface area contributed by atoms with Gasteiger partial charge in [0.2, 0.25) is 0 Å². The van der Waals surface area contributed by atoms with E-state index in [-0.39, 0.29) is 0 Å². The van der Waals surface area contributed by atoms with Crippen molar-refractivity contribution in [3.8, 4) is 5.75 Å². The van der Waals surface area contributed by atoms with Crippen LogP contribution in [-0.2, 0) is 20.2 Å². The summed E-state index contributed by atoms with van der Waals surface area (Å²) in [5, 5.41) is 7.69. The van der Waals surface area contributed by atoms with Crippen LogP contribution in [0.3, 0.4) is 0 Å². The molecule has 0 radical (unpaired) electrons. The summed E-state index contributed by atoms with van der Waals surface area (Å²) in [6.45, 7) is 4.48. The van der Waals surface area contributed by atoms with E-state index in [4.69, 9.17) is 4.74 Å². The normalized spacial score (nSPS) is 10.9. The number of nitrogens with one attached hydrogen (secondary N) is 1. The molecular formula is C15H19Br2N3O. The molecule has 0 saturated carbocycles. The lowest BCUT2D eigenvalue weighted by molar-refractivity contribution is 0.296. The standard InChI is InChI=1S/C15H19Br2N3O/c1-3-5-18-9-11-7-13(16)15(14(17)8-11)21-10-12-4-6-20(2)19-12/h4,6-8,18H,3,5,9-10H2,1-2H3. The van der Waals surface area contributed by atoms with Gasteiger partial charge in [-0.2, -0.15) is 5.10 Å². The van der Waals surface area contributed by atoms with Crippen LogP contribution in [0, 0.1) is 0 Å². The van der Waals surface area contributed by atoms with Crippen LogP contribution < -0.4 is 10.1 Å². The topological polar surface area (TPSA) is 39.1 Å². The van der Waals surface area contributed by atoms with E-state index < -0.39 is 0 Å². The van der Waals surface area contributed by atoms with Crippen LogP contribution in [0.5, 0.6) is 5.75 Å². The second-order valence-corrected chi connectivity index (χ2v) is 6.54. The van der Waals surface area contributed by atoms with Gasteiger partial charge in [0.1, 0.15) is 12.4 Å². The molecule has 0 saturated heterocycles. The van der Waals surface area contributed by atoms with Gasteiger partial charge in [-0.15, -0.1) is 0 Å². The number of nitrogens with zero attached hydrogens (tertiary/aromatic N) is 2. The average molecular weight is 417 g/mol. The first-order valence-corrected chi connectivity index (χ1v) is 8.48. The van der Waals surface area contributed by atoms with E-state index in [9.17, 15) is 0 Å². The van der Waals surface area contributed by atoms with Gasteiger partial charge in [0.15, 0.2) is 0 Å². The fourth-order valence-electron chi connectivity index (χ4n) is 1.95. The lowest BCUT2D eigenvalue weighted by Crippen LogP contribution is -2.13. The molecule has 0 fully saturated rings. The van der Waals surface area contributed by atoms with Crippen molar-refractivity contribution >= 4 is 31.9 Å².